The number of aromatic nitrogens is 1. The molecule has 2 aromatic rings. The van der Waals surface area contributed by atoms with Crippen molar-refractivity contribution in [3.8, 4) is 11.5 Å². The minimum atomic E-state index is 0.388. The fraction of sp³-hybridized carbons (Fsp3) is 0.214. The number of hydrogen-bond donors (Lipinski definition) is 1. The molecule has 0 aliphatic carbocycles. The van der Waals surface area contributed by atoms with Gasteiger partial charge in [-0.2, -0.15) is 0 Å². The summed E-state index contributed by atoms with van der Waals surface area (Å²) in [6.07, 6.45) is 4.37. The fourth-order valence-corrected chi connectivity index (χ4v) is 2.13. The van der Waals surface area contributed by atoms with Crippen molar-refractivity contribution in [3.05, 3.63) is 45.7 Å². The number of pyridine rings is 1. The number of nitrogens with one attached hydrogen (secondary N) is 1. The molecule has 106 valence electrons. The van der Waals surface area contributed by atoms with Crippen molar-refractivity contribution < 1.29 is 4.74 Å². The van der Waals surface area contributed by atoms with Gasteiger partial charge >= 0.3 is 0 Å². The molecule has 0 fully saturated rings. The van der Waals surface area contributed by atoms with Crippen LogP contribution in [0.3, 0.4) is 0 Å². The van der Waals surface area contributed by atoms with Crippen molar-refractivity contribution in [1.82, 2.24) is 4.98 Å². The Balaban J connectivity index is 2.19. The SMILES string of the molecule is CCCNc1cncc(Oc2cc(Cl)c(Cl)cc2Cl)c1. The van der Waals surface area contributed by atoms with Gasteiger partial charge in [-0.15, -0.1) is 0 Å². The summed E-state index contributed by atoms with van der Waals surface area (Å²) in [6, 6.07) is 4.98. The first-order valence-corrected chi connectivity index (χ1v) is 7.25. The third-order valence-corrected chi connectivity index (χ3v) is 3.51. The Morgan fingerprint density at radius 1 is 1.05 bits per heavy atom. The number of ether oxygens (including phenoxy) is 1. The quantitative estimate of drug-likeness (QED) is 0.718. The summed E-state index contributed by atoms with van der Waals surface area (Å²) in [5.74, 6) is 1.02. The average Bonchev–Trinajstić information content (AvgIpc) is 2.43. The van der Waals surface area contributed by atoms with E-state index in [1.807, 2.05) is 6.07 Å². The highest BCUT2D eigenvalue weighted by Crippen LogP contribution is 2.36. The first-order chi connectivity index (χ1) is 9.60. The van der Waals surface area contributed by atoms with E-state index in [1.165, 1.54) is 0 Å². The fourth-order valence-electron chi connectivity index (χ4n) is 1.55. The van der Waals surface area contributed by atoms with Gasteiger partial charge in [0.15, 0.2) is 0 Å². The van der Waals surface area contributed by atoms with Gasteiger partial charge in [0.2, 0.25) is 0 Å². The monoisotopic (exact) mass is 330 g/mol. The highest BCUT2D eigenvalue weighted by molar-refractivity contribution is 6.43. The summed E-state index contributed by atoms with van der Waals surface area (Å²) < 4.78 is 5.69. The van der Waals surface area contributed by atoms with Crippen LogP contribution in [0.25, 0.3) is 0 Å². The minimum absolute atomic E-state index is 0.388. The number of rotatable bonds is 5. The lowest BCUT2D eigenvalue weighted by atomic mass is 10.3. The van der Waals surface area contributed by atoms with E-state index in [0.29, 0.717) is 26.6 Å². The maximum absolute atomic E-state index is 6.07. The Bertz CT molecular complexity index is 605. The van der Waals surface area contributed by atoms with E-state index in [4.69, 9.17) is 39.5 Å². The second-order valence-corrected chi connectivity index (χ2v) is 5.36. The van der Waals surface area contributed by atoms with Crippen molar-refractivity contribution in [1.29, 1.82) is 0 Å². The van der Waals surface area contributed by atoms with E-state index in [0.717, 1.165) is 18.7 Å². The Hall–Kier alpha value is -1.16. The summed E-state index contributed by atoms with van der Waals surface area (Å²) in [6.45, 7) is 2.97. The Labute approximate surface area is 132 Å². The van der Waals surface area contributed by atoms with Crippen LogP contribution in [-0.4, -0.2) is 11.5 Å². The molecule has 0 amide bonds. The van der Waals surface area contributed by atoms with Crippen LogP contribution in [0.15, 0.2) is 30.6 Å². The second kappa shape index (κ2) is 7.02. The standard InChI is InChI=1S/C14H13Cl3N2O/c1-2-3-19-9-4-10(8-18-7-9)20-14-6-12(16)11(15)5-13(14)17/h4-8,19H,2-3H2,1H3. The number of benzene rings is 1. The normalized spacial score (nSPS) is 10.4. The molecule has 0 unspecified atom stereocenters. The minimum Gasteiger partial charge on any atom is -0.454 e. The van der Waals surface area contributed by atoms with E-state index < -0.39 is 0 Å². The molecule has 0 saturated carbocycles. The topological polar surface area (TPSA) is 34.2 Å². The molecule has 1 aromatic heterocycles. The van der Waals surface area contributed by atoms with Gasteiger partial charge in [0.05, 0.1) is 33.1 Å². The predicted octanol–water partition coefficient (Wildman–Crippen LogP) is 5.66. The van der Waals surface area contributed by atoms with Gasteiger partial charge in [-0.1, -0.05) is 41.7 Å². The molecule has 0 aliphatic rings. The predicted molar refractivity (Wildman–Crippen MR) is 84.6 cm³/mol. The summed E-state index contributed by atoms with van der Waals surface area (Å²) in [5.41, 5.74) is 0.889. The maximum Gasteiger partial charge on any atom is 0.147 e. The van der Waals surface area contributed by atoms with Gasteiger partial charge in [-0.3, -0.25) is 4.98 Å². The lowest BCUT2D eigenvalue weighted by Crippen LogP contribution is -2.00. The number of anilines is 1. The molecule has 0 radical (unpaired) electrons. The van der Waals surface area contributed by atoms with Crippen molar-refractivity contribution in [2.45, 2.75) is 13.3 Å². The Morgan fingerprint density at radius 3 is 2.55 bits per heavy atom. The molecule has 2 rings (SSSR count). The zero-order chi connectivity index (χ0) is 14.5. The molecule has 1 N–H and O–H groups in total. The van der Waals surface area contributed by atoms with Crippen LogP contribution in [0.4, 0.5) is 5.69 Å². The molecule has 0 atom stereocenters. The van der Waals surface area contributed by atoms with Gasteiger partial charge in [-0.05, 0) is 12.5 Å². The lowest BCUT2D eigenvalue weighted by molar-refractivity contribution is 0.481. The van der Waals surface area contributed by atoms with E-state index in [9.17, 15) is 0 Å². The van der Waals surface area contributed by atoms with Gasteiger partial charge < -0.3 is 10.1 Å². The highest BCUT2D eigenvalue weighted by atomic mass is 35.5. The molecule has 0 aliphatic heterocycles. The highest BCUT2D eigenvalue weighted by Gasteiger charge is 2.08. The van der Waals surface area contributed by atoms with E-state index in [2.05, 4.69) is 17.2 Å². The molecule has 0 bridgehead atoms. The zero-order valence-corrected chi connectivity index (χ0v) is 13.1. The van der Waals surface area contributed by atoms with Crippen LogP contribution in [0.5, 0.6) is 11.5 Å². The average molecular weight is 332 g/mol. The summed E-state index contributed by atoms with van der Waals surface area (Å²) >= 11 is 17.9. The van der Waals surface area contributed by atoms with Crippen LogP contribution in [0, 0.1) is 0 Å². The van der Waals surface area contributed by atoms with E-state index in [-0.39, 0.29) is 0 Å². The number of nitrogens with zero attached hydrogens (tertiary/aromatic N) is 1. The van der Waals surface area contributed by atoms with Crippen LogP contribution < -0.4 is 10.1 Å². The summed E-state index contributed by atoms with van der Waals surface area (Å²) in [4.78, 5) is 4.11. The van der Waals surface area contributed by atoms with Crippen LogP contribution in [-0.2, 0) is 0 Å². The van der Waals surface area contributed by atoms with Gasteiger partial charge in [0.25, 0.3) is 0 Å². The first kappa shape index (κ1) is 15.2. The molecular weight excluding hydrogens is 319 g/mol. The van der Waals surface area contributed by atoms with Crippen molar-refractivity contribution in [3.63, 3.8) is 0 Å². The second-order valence-electron chi connectivity index (χ2n) is 4.13. The molecule has 3 nitrogen and oxygen atoms in total. The van der Waals surface area contributed by atoms with E-state index >= 15 is 0 Å². The van der Waals surface area contributed by atoms with Crippen LogP contribution >= 0.6 is 34.8 Å². The Morgan fingerprint density at radius 2 is 1.80 bits per heavy atom. The Kier molecular flexibility index (Phi) is 5.35. The molecule has 0 spiro atoms. The molecular formula is C14H13Cl3N2O. The van der Waals surface area contributed by atoms with Crippen molar-refractivity contribution in [2.24, 2.45) is 0 Å². The first-order valence-electron chi connectivity index (χ1n) is 6.11. The van der Waals surface area contributed by atoms with Gasteiger partial charge in [0, 0.05) is 18.7 Å². The molecule has 0 saturated heterocycles. The largest absolute Gasteiger partial charge is 0.454 e. The van der Waals surface area contributed by atoms with E-state index in [1.54, 1.807) is 24.5 Å². The number of halogens is 3. The summed E-state index contributed by atoms with van der Waals surface area (Å²) in [7, 11) is 0. The third kappa shape index (κ3) is 3.92. The van der Waals surface area contributed by atoms with Crippen molar-refractivity contribution >= 4 is 40.5 Å². The van der Waals surface area contributed by atoms with Crippen LogP contribution in [0.1, 0.15) is 13.3 Å². The van der Waals surface area contributed by atoms with Gasteiger partial charge in [0.1, 0.15) is 11.5 Å². The van der Waals surface area contributed by atoms with Crippen molar-refractivity contribution in [2.75, 3.05) is 11.9 Å². The van der Waals surface area contributed by atoms with Crippen LogP contribution in [0.2, 0.25) is 15.1 Å². The molecule has 6 heteroatoms. The zero-order valence-electron chi connectivity index (χ0n) is 10.8. The third-order valence-electron chi connectivity index (χ3n) is 2.49. The lowest BCUT2D eigenvalue weighted by Gasteiger charge is -2.10. The smallest absolute Gasteiger partial charge is 0.147 e. The number of hydrogen-bond acceptors (Lipinski definition) is 3. The molecule has 1 heterocycles. The molecule has 20 heavy (non-hydrogen) atoms. The maximum atomic E-state index is 6.07. The summed E-state index contributed by atoms with van der Waals surface area (Å²) in [5, 5.41) is 4.41. The molecule has 1 aromatic carbocycles. The van der Waals surface area contributed by atoms with Gasteiger partial charge in [-0.25, -0.2) is 0 Å².